The fraction of sp³-hybridized carbons (Fsp3) is 0.462. The van der Waals surface area contributed by atoms with Crippen LogP contribution in [-0.4, -0.2) is 23.7 Å². The summed E-state index contributed by atoms with van der Waals surface area (Å²) >= 11 is 0. The molecule has 0 aliphatic carbocycles. The number of nitrogens with zero attached hydrogens (tertiary/aromatic N) is 2. The summed E-state index contributed by atoms with van der Waals surface area (Å²) in [5.74, 6) is 0. The number of ether oxygens (including phenoxy) is 1. The average molecular weight is 261 g/mol. The molecule has 0 bridgehead atoms. The number of non-ortho nitro benzene ring substituents is 1. The summed E-state index contributed by atoms with van der Waals surface area (Å²) in [6.45, 7) is 3.35. The second kappa shape index (κ2) is 5.24. The molecule has 0 aromatic heterocycles. The topological polar surface area (TPSA) is 88.2 Å². The highest BCUT2D eigenvalue weighted by Gasteiger charge is 2.29. The van der Waals surface area contributed by atoms with E-state index < -0.39 is 4.92 Å². The molecular weight excluding hydrogens is 246 g/mol. The van der Waals surface area contributed by atoms with Gasteiger partial charge in [0.2, 0.25) is 0 Å². The molecule has 6 heteroatoms. The van der Waals surface area contributed by atoms with Crippen molar-refractivity contribution in [2.45, 2.75) is 25.4 Å². The summed E-state index contributed by atoms with van der Waals surface area (Å²) in [6, 6.07) is 6.20. The largest absolute Gasteiger partial charge is 0.381 e. The molecule has 1 saturated heterocycles. The first-order valence-corrected chi connectivity index (χ1v) is 6.10. The number of hydrogen-bond acceptors (Lipinski definition) is 5. The van der Waals surface area contributed by atoms with Crippen molar-refractivity contribution in [1.82, 2.24) is 0 Å². The summed E-state index contributed by atoms with van der Waals surface area (Å²) < 4.78 is 5.64. The van der Waals surface area contributed by atoms with Gasteiger partial charge in [0.15, 0.2) is 0 Å². The molecule has 1 atom stereocenters. The van der Waals surface area contributed by atoms with Gasteiger partial charge in [0.05, 0.1) is 21.8 Å². The van der Waals surface area contributed by atoms with Crippen LogP contribution < -0.4 is 5.32 Å². The molecular formula is C13H15N3O3. The number of nitrogens with one attached hydrogen (secondary N) is 1. The first-order valence-electron chi connectivity index (χ1n) is 6.10. The van der Waals surface area contributed by atoms with Gasteiger partial charge in [-0.25, -0.2) is 0 Å². The van der Waals surface area contributed by atoms with Gasteiger partial charge in [-0.3, -0.25) is 10.1 Å². The molecule has 1 heterocycles. The fourth-order valence-electron chi connectivity index (χ4n) is 2.15. The molecule has 1 N–H and O–H groups in total. The van der Waals surface area contributed by atoms with E-state index in [1.54, 1.807) is 6.07 Å². The Morgan fingerprint density at radius 2 is 2.42 bits per heavy atom. The zero-order chi connectivity index (χ0) is 13.9. The Balaban J connectivity index is 2.12. The molecule has 19 heavy (non-hydrogen) atoms. The lowest BCUT2D eigenvalue weighted by atomic mass is 10.0. The lowest BCUT2D eigenvalue weighted by Crippen LogP contribution is -2.32. The van der Waals surface area contributed by atoms with Gasteiger partial charge in [0, 0.05) is 25.3 Å². The summed E-state index contributed by atoms with van der Waals surface area (Å²) in [6.07, 6.45) is 2.00. The first-order chi connectivity index (χ1) is 9.04. The van der Waals surface area contributed by atoms with Gasteiger partial charge in [0.1, 0.15) is 6.07 Å². The standard InChI is InChI=1S/C13H15N3O3/c1-13(5-2-6-19-13)9-15-12-4-3-11(16(17)18)7-10(12)8-14/h3-4,7,15H,2,5-6,9H2,1H3. The van der Waals surface area contributed by atoms with E-state index in [4.69, 9.17) is 10.00 Å². The normalized spacial score (nSPS) is 21.9. The van der Waals surface area contributed by atoms with Crippen molar-refractivity contribution in [2.75, 3.05) is 18.5 Å². The van der Waals surface area contributed by atoms with Gasteiger partial charge >= 0.3 is 0 Å². The lowest BCUT2D eigenvalue weighted by molar-refractivity contribution is -0.384. The molecule has 1 aliphatic heterocycles. The highest BCUT2D eigenvalue weighted by Crippen LogP contribution is 2.27. The zero-order valence-electron chi connectivity index (χ0n) is 10.7. The molecule has 1 aromatic rings. The number of nitro benzene ring substituents is 1. The van der Waals surface area contributed by atoms with Crippen molar-refractivity contribution < 1.29 is 9.66 Å². The van der Waals surface area contributed by atoms with Crippen molar-refractivity contribution in [3.8, 4) is 6.07 Å². The molecule has 1 fully saturated rings. The molecule has 100 valence electrons. The number of nitriles is 1. The van der Waals surface area contributed by atoms with Crippen molar-refractivity contribution in [3.05, 3.63) is 33.9 Å². The highest BCUT2D eigenvalue weighted by molar-refractivity contribution is 5.61. The van der Waals surface area contributed by atoms with E-state index in [1.165, 1.54) is 12.1 Å². The van der Waals surface area contributed by atoms with Gasteiger partial charge in [-0.05, 0) is 25.8 Å². The monoisotopic (exact) mass is 261 g/mol. The van der Waals surface area contributed by atoms with Crippen LogP contribution >= 0.6 is 0 Å². The maximum absolute atomic E-state index is 10.7. The van der Waals surface area contributed by atoms with Crippen molar-refractivity contribution in [2.24, 2.45) is 0 Å². The Labute approximate surface area is 111 Å². The average Bonchev–Trinajstić information content (AvgIpc) is 2.83. The first kappa shape index (κ1) is 13.3. The maximum atomic E-state index is 10.7. The van der Waals surface area contributed by atoms with Crippen LogP contribution in [-0.2, 0) is 4.74 Å². The maximum Gasteiger partial charge on any atom is 0.270 e. The number of rotatable bonds is 4. The Hall–Kier alpha value is -2.13. The van der Waals surface area contributed by atoms with E-state index in [1.807, 2.05) is 13.0 Å². The Bertz CT molecular complexity index is 530. The number of benzene rings is 1. The Morgan fingerprint density at radius 1 is 1.63 bits per heavy atom. The highest BCUT2D eigenvalue weighted by atomic mass is 16.6. The number of nitro groups is 1. The second-order valence-corrected chi connectivity index (χ2v) is 4.85. The molecule has 0 radical (unpaired) electrons. The Morgan fingerprint density at radius 3 is 3.00 bits per heavy atom. The molecule has 0 spiro atoms. The van der Waals surface area contributed by atoms with Gasteiger partial charge < -0.3 is 10.1 Å². The molecule has 1 unspecified atom stereocenters. The summed E-state index contributed by atoms with van der Waals surface area (Å²) in [5.41, 5.74) is 0.570. The number of hydrogen-bond donors (Lipinski definition) is 1. The summed E-state index contributed by atoms with van der Waals surface area (Å²) in [7, 11) is 0. The van der Waals surface area contributed by atoms with Crippen LogP contribution in [0.4, 0.5) is 11.4 Å². The van der Waals surface area contributed by atoms with Crippen LogP contribution in [0.15, 0.2) is 18.2 Å². The molecule has 6 nitrogen and oxygen atoms in total. The van der Waals surface area contributed by atoms with Crippen LogP contribution in [0.3, 0.4) is 0 Å². The predicted octanol–water partition coefficient (Wildman–Crippen LogP) is 2.45. The predicted molar refractivity (Wildman–Crippen MR) is 69.9 cm³/mol. The van der Waals surface area contributed by atoms with Gasteiger partial charge in [-0.1, -0.05) is 0 Å². The summed E-state index contributed by atoms with van der Waals surface area (Å²) in [4.78, 5) is 10.1. The van der Waals surface area contributed by atoms with Crippen LogP contribution in [0.2, 0.25) is 0 Å². The van der Waals surface area contributed by atoms with Crippen LogP contribution in [0, 0.1) is 21.4 Å². The Kier molecular flexibility index (Phi) is 3.67. The van der Waals surface area contributed by atoms with Crippen LogP contribution in [0.1, 0.15) is 25.3 Å². The molecule has 1 aliphatic rings. The quantitative estimate of drug-likeness (QED) is 0.664. The molecule has 2 rings (SSSR count). The minimum Gasteiger partial charge on any atom is -0.381 e. The SMILES string of the molecule is CC1(CNc2ccc([N+](=O)[O-])cc2C#N)CCCO1. The van der Waals surface area contributed by atoms with Crippen LogP contribution in [0.25, 0.3) is 0 Å². The second-order valence-electron chi connectivity index (χ2n) is 4.85. The van der Waals surface area contributed by atoms with Crippen molar-refractivity contribution in [1.29, 1.82) is 5.26 Å². The smallest absolute Gasteiger partial charge is 0.270 e. The van der Waals surface area contributed by atoms with Crippen molar-refractivity contribution >= 4 is 11.4 Å². The minimum absolute atomic E-state index is 0.0783. The van der Waals surface area contributed by atoms with Crippen LogP contribution in [0.5, 0.6) is 0 Å². The van der Waals surface area contributed by atoms with E-state index in [9.17, 15) is 10.1 Å². The van der Waals surface area contributed by atoms with E-state index in [0.29, 0.717) is 12.2 Å². The third kappa shape index (κ3) is 3.01. The molecule has 0 saturated carbocycles. The van der Waals surface area contributed by atoms with Gasteiger partial charge in [-0.15, -0.1) is 0 Å². The zero-order valence-corrected chi connectivity index (χ0v) is 10.7. The fourth-order valence-corrected chi connectivity index (χ4v) is 2.15. The third-order valence-corrected chi connectivity index (χ3v) is 3.29. The van der Waals surface area contributed by atoms with E-state index in [2.05, 4.69) is 5.32 Å². The summed E-state index contributed by atoms with van der Waals surface area (Å²) in [5, 5.41) is 22.8. The lowest BCUT2D eigenvalue weighted by Gasteiger charge is -2.24. The van der Waals surface area contributed by atoms with E-state index in [0.717, 1.165) is 19.4 Å². The van der Waals surface area contributed by atoms with Gasteiger partial charge in [0.25, 0.3) is 5.69 Å². The van der Waals surface area contributed by atoms with Gasteiger partial charge in [-0.2, -0.15) is 5.26 Å². The third-order valence-electron chi connectivity index (χ3n) is 3.29. The molecule has 0 amide bonds. The minimum atomic E-state index is -0.508. The van der Waals surface area contributed by atoms with Crippen molar-refractivity contribution in [3.63, 3.8) is 0 Å². The van der Waals surface area contributed by atoms with E-state index in [-0.39, 0.29) is 16.9 Å². The molecule has 1 aromatic carbocycles. The van der Waals surface area contributed by atoms with E-state index >= 15 is 0 Å². The number of anilines is 1.